The second-order valence-corrected chi connectivity index (χ2v) is 11.4. The van der Waals surface area contributed by atoms with E-state index in [1.165, 1.54) is 28.2 Å². The fourth-order valence-corrected chi connectivity index (χ4v) is 6.63. The molecule has 0 bridgehead atoms. The number of fused-ring (bicyclic) bond motifs is 2. The highest BCUT2D eigenvalue weighted by Crippen LogP contribution is 2.35. The monoisotopic (exact) mass is 552 g/mol. The fourth-order valence-electron chi connectivity index (χ4n) is 4.45. The lowest BCUT2D eigenvalue weighted by atomic mass is 9.98. The van der Waals surface area contributed by atoms with E-state index in [0.29, 0.717) is 9.75 Å². The zero-order chi connectivity index (χ0) is 27.4. The average molecular weight is 553 g/mol. The third-order valence-corrected chi connectivity index (χ3v) is 8.74. The summed E-state index contributed by atoms with van der Waals surface area (Å²) in [5.74, 6) is -1.56. The lowest BCUT2D eigenvalue weighted by molar-refractivity contribution is -0.137. The summed E-state index contributed by atoms with van der Waals surface area (Å²) in [6.07, 6.45) is 2.09. The van der Waals surface area contributed by atoms with Crippen LogP contribution in [0, 0.1) is 6.92 Å². The summed E-state index contributed by atoms with van der Waals surface area (Å²) < 4.78 is 7.43. The molecule has 0 atom stereocenters. The van der Waals surface area contributed by atoms with Gasteiger partial charge < -0.3 is 14.9 Å². The minimum atomic E-state index is -0.987. The Kier molecular flexibility index (Phi) is 8.58. The van der Waals surface area contributed by atoms with Gasteiger partial charge in [0.25, 0.3) is 0 Å². The van der Waals surface area contributed by atoms with Crippen LogP contribution in [-0.4, -0.2) is 40.8 Å². The van der Waals surface area contributed by atoms with Crippen LogP contribution >= 0.6 is 22.7 Å². The molecular formula is C29H28O7S2. The number of benzene rings is 2. The average Bonchev–Trinajstić information content (AvgIpc) is 3.49. The third kappa shape index (κ3) is 6.46. The van der Waals surface area contributed by atoms with E-state index >= 15 is 0 Å². The van der Waals surface area contributed by atoms with Gasteiger partial charge in [0.05, 0.1) is 29.7 Å². The Morgan fingerprint density at radius 1 is 0.737 bits per heavy atom. The van der Waals surface area contributed by atoms with Crippen molar-refractivity contribution in [2.45, 2.75) is 51.9 Å². The number of aliphatic carboxylic acids is 2. The van der Waals surface area contributed by atoms with Crippen LogP contribution in [-0.2, 0) is 22.4 Å². The fraction of sp³-hybridized carbons (Fsp3) is 0.310. The normalized spacial score (nSPS) is 11.2. The first-order chi connectivity index (χ1) is 18.1. The molecule has 198 valence electrons. The molecule has 2 aromatic carbocycles. The van der Waals surface area contributed by atoms with Crippen LogP contribution in [0.1, 0.15) is 68.1 Å². The summed E-state index contributed by atoms with van der Waals surface area (Å²) in [5, 5.41) is 19.7. The summed E-state index contributed by atoms with van der Waals surface area (Å²) in [6, 6.07) is 11.8. The third-order valence-electron chi connectivity index (χ3n) is 6.48. The molecule has 0 radical (unpaired) electrons. The second kappa shape index (κ2) is 11.9. The number of Topliss-reactive ketones (excluding diaryl/α,β-unsaturated/α-hetero) is 2. The number of hydrogen-bond acceptors (Lipinski definition) is 7. The van der Waals surface area contributed by atoms with Gasteiger partial charge in [-0.05, 0) is 84.0 Å². The highest BCUT2D eigenvalue weighted by Gasteiger charge is 2.16. The molecule has 0 aliphatic carbocycles. The molecule has 0 saturated heterocycles. The number of ketones is 2. The molecule has 0 aliphatic rings. The molecule has 0 amide bonds. The number of aryl methyl sites for hydroxylation is 3. The first-order valence-electron chi connectivity index (χ1n) is 12.3. The number of carboxylic acids is 2. The van der Waals surface area contributed by atoms with Crippen molar-refractivity contribution >= 4 is 66.4 Å². The van der Waals surface area contributed by atoms with E-state index in [1.54, 1.807) is 7.11 Å². The first-order valence-corrected chi connectivity index (χ1v) is 13.9. The summed E-state index contributed by atoms with van der Waals surface area (Å²) in [5.41, 5.74) is 3.41. The number of carboxylic acid groups (broad SMARTS) is 2. The number of rotatable bonds is 13. The quantitative estimate of drug-likeness (QED) is 0.177. The Morgan fingerprint density at radius 3 is 1.97 bits per heavy atom. The van der Waals surface area contributed by atoms with Gasteiger partial charge in [-0.1, -0.05) is 6.07 Å². The maximum atomic E-state index is 12.5. The molecule has 0 unspecified atom stereocenters. The lowest BCUT2D eigenvalue weighted by Gasteiger charge is -2.09. The first kappa shape index (κ1) is 27.5. The summed E-state index contributed by atoms with van der Waals surface area (Å²) in [4.78, 5) is 47.7. The van der Waals surface area contributed by atoms with E-state index in [2.05, 4.69) is 19.1 Å². The summed E-state index contributed by atoms with van der Waals surface area (Å²) in [7, 11) is 1.61. The molecule has 0 saturated carbocycles. The number of methoxy groups -OCH3 is 1. The van der Waals surface area contributed by atoms with E-state index < -0.39 is 11.9 Å². The van der Waals surface area contributed by atoms with Gasteiger partial charge in [0.15, 0.2) is 11.6 Å². The van der Waals surface area contributed by atoms with Gasteiger partial charge in [0.1, 0.15) is 5.75 Å². The van der Waals surface area contributed by atoms with Crippen LogP contribution in [0.25, 0.3) is 20.2 Å². The van der Waals surface area contributed by atoms with E-state index in [1.807, 2.05) is 24.3 Å². The van der Waals surface area contributed by atoms with Gasteiger partial charge in [0.2, 0.25) is 0 Å². The number of carbonyl (C=O) groups is 4. The number of hydrogen-bond donors (Lipinski definition) is 2. The van der Waals surface area contributed by atoms with Crippen LogP contribution in [0.3, 0.4) is 0 Å². The minimum absolute atomic E-state index is 0.00153. The highest BCUT2D eigenvalue weighted by atomic mass is 32.1. The Hall–Kier alpha value is -3.56. The van der Waals surface area contributed by atoms with E-state index in [4.69, 9.17) is 14.9 Å². The summed E-state index contributed by atoms with van der Waals surface area (Å²) in [6.45, 7) is 2.05. The van der Waals surface area contributed by atoms with Crippen LogP contribution < -0.4 is 4.74 Å². The van der Waals surface area contributed by atoms with Gasteiger partial charge in [-0.3, -0.25) is 19.2 Å². The maximum Gasteiger partial charge on any atom is 0.303 e. The van der Waals surface area contributed by atoms with Gasteiger partial charge in [-0.25, -0.2) is 0 Å². The van der Waals surface area contributed by atoms with Crippen molar-refractivity contribution in [2.24, 2.45) is 0 Å². The second-order valence-electron chi connectivity index (χ2n) is 9.22. The molecule has 2 heterocycles. The molecule has 0 aliphatic heterocycles. The molecule has 38 heavy (non-hydrogen) atoms. The van der Waals surface area contributed by atoms with Crippen molar-refractivity contribution in [3.63, 3.8) is 0 Å². The number of thiophene rings is 2. The van der Waals surface area contributed by atoms with Crippen molar-refractivity contribution < 1.29 is 34.1 Å². The zero-order valence-corrected chi connectivity index (χ0v) is 22.8. The van der Waals surface area contributed by atoms with E-state index in [0.717, 1.165) is 56.3 Å². The minimum Gasteiger partial charge on any atom is -0.497 e. The largest absolute Gasteiger partial charge is 0.497 e. The SMILES string of the molecule is COc1cc(CCCc2cc3sc(C(=O)CCC(=O)O)cc3cc2C)c2cc(C(=O)CCC(=O)O)sc2c1. The number of ether oxygens (including phenoxy) is 1. The predicted octanol–water partition coefficient (Wildman–Crippen LogP) is 6.70. The molecule has 4 rings (SSSR count). The van der Waals surface area contributed by atoms with Gasteiger partial charge >= 0.3 is 11.9 Å². The van der Waals surface area contributed by atoms with Gasteiger partial charge in [-0.2, -0.15) is 0 Å². The Labute approximate surface area is 227 Å². The Bertz CT molecular complexity index is 1540. The Morgan fingerprint density at radius 2 is 1.34 bits per heavy atom. The van der Waals surface area contributed by atoms with Crippen LogP contribution in [0.4, 0.5) is 0 Å². The van der Waals surface area contributed by atoms with Crippen molar-refractivity contribution in [3.8, 4) is 5.75 Å². The van der Waals surface area contributed by atoms with Crippen molar-refractivity contribution in [1.82, 2.24) is 0 Å². The molecule has 4 aromatic rings. The zero-order valence-electron chi connectivity index (χ0n) is 21.2. The lowest BCUT2D eigenvalue weighted by Crippen LogP contribution is -2.01. The van der Waals surface area contributed by atoms with E-state index in [9.17, 15) is 19.2 Å². The maximum absolute atomic E-state index is 12.5. The molecular weight excluding hydrogens is 524 g/mol. The molecule has 7 nitrogen and oxygen atoms in total. The van der Waals surface area contributed by atoms with Crippen LogP contribution in [0.5, 0.6) is 5.75 Å². The molecule has 0 spiro atoms. The van der Waals surface area contributed by atoms with Gasteiger partial charge in [0, 0.05) is 22.2 Å². The van der Waals surface area contributed by atoms with Gasteiger partial charge in [-0.15, -0.1) is 22.7 Å². The predicted molar refractivity (Wildman–Crippen MR) is 149 cm³/mol. The van der Waals surface area contributed by atoms with Crippen molar-refractivity contribution in [2.75, 3.05) is 7.11 Å². The topological polar surface area (TPSA) is 118 Å². The molecule has 2 N–H and O–H groups in total. The Balaban J connectivity index is 1.50. The van der Waals surface area contributed by atoms with Crippen LogP contribution in [0.2, 0.25) is 0 Å². The van der Waals surface area contributed by atoms with Crippen molar-refractivity contribution in [1.29, 1.82) is 0 Å². The molecule has 2 aromatic heterocycles. The van der Waals surface area contributed by atoms with E-state index in [-0.39, 0.29) is 37.2 Å². The smallest absolute Gasteiger partial charge is 0.303 e. The molecule has 0 fully saturated rings. The number of carbonyl (C=O) groups excluding carboxylic acids is 2. The molecule has 9 heteroatoms. The standard InChI is InChI=1S/C29H28O7S2/c1-16-10-19-13-26(22(30)6-8-28(32)33)37-24(19)12-17(16)4-3-5-18-11-20(36-2)14-25-21(18)15-27(38-25)23(31)7-9-29(34)35/h10-15H,3-9H2,1-2H3,(H,32,33)(H,34,35). The summed E-state index contributed by atoms with van der Waals surface area (Å²) >= 11 is 2.76. The highest BCUT2D eigenvalue weighted by molar-refractivity contribution is 7.21. The van der Waals surface area contributed by atoms with Crippen molar-refractivity contribution in [3.05, 3.63) is 62.8 Å². The van der Waals surface area contributed by atoms with Crippen LogP contribution in [0.15, 0.2) is 36.4 Å².